The molecule has 4 atom stereocenters. The van der Waals surface area contributed by atoms with Gasteiger partial charge in [0, 0.05) is 26.6 Å². The van der Waals surface area contributed by atoms with Crippen molar-refractivity contribution in [3.05, 3.63) is 70.3 Å². The number of aryl methyl sites for hydroxylation is 1. The fourth-order valence-electron chi connectivity index (χ4n) is 4.96. The Balaban J connectivity index is 1.78. The molecular formula is C28H38F2N2O3. The molecule has 0 saturated heterocycles. The number of aliphatic hydroxyl groups is 1. The van der Waals surface area contributed by atoms with E-state index in [2.05, 4.69) is 49.6 Å². The molecule has 35 heavy (non-hydrogen) atoms. The molecule has 0 heterocycles. The lowest BCUT2D eigenvalue weighted by molar-refractivity contribution is -0.120. The highest BCUT2D eigenvalue weighted by Crippen LogP contribution is 2.34. The summed E-state index contributed by atoms with van der Waals surface area (Å²) < 4.78 is 33.1. The molecule has 1 aliphatic carbocycles. The van der Waals surface area contributed by atoms with Gasteiger partial charge in [0.05, 0.1) is 24.3 Å². The summed E-state index contributed by atoms with van der Waals surface area (Å²) in [6.45, 7) is 8.17. The second-order valence-corrected chi connectivity index (χ2v) is 10.8. The minimum absolute atomic E-state index is 0.0591. The standard InChI is InChI=1S/C28H38F2N2O3/c1-17(33)32-24(13-19-10-21(29)14-22(30)11-19)25(34)16-31-27-23-12-18(15-28(2,3)4)6-7-20(23)8-9-26(27)35-5/h6-7,10-12,14,24-27,31,34H,8-9,13,15-16H2,1-5H3,(H,32,33). The van der Waals surface area contributed by atoms with Crippen molar-refractivity contribution in [3.8, 4) is 0 Å². The number of carbonyl (C=O) groups excluding carboxylic acids is 1. The number of hydrogen-bond donors (Lipinski definition) is 3. The van der Waals surface area contributed by atoms with Gasteiger partial charge < -0.3 is 20.5 Å². The predicted molar refractivity (Wildman–Crippen MR) is 133 cm³/mol. The molecule has 0 saturated carbocycles. The van der Waals surface area contributed by atoms with Crippen LogP contribution >= 0.6 is 0 Å². The number of nitrogens with one attached hydrogen (secondary N) is 2. The van der Waals surface area contributed by atoms with Gasteiger partial charge in [0.15, 0.2) is 0 Å². The van der Waals surface area contributed by atoms with Gasteiger partial charge >= 0.3 is 0 Å². The van der Waals surface area contributed by atoms with Crippen LogP contribution < -0.4 is 10.6 Å². The van der Waals surface area contributed by atoms with Crippen LogP contribution in [0.25, 0.3) is 0 Å². The summed E-state index contributed by atoms with van der Waals surface area (Å²) in [6, 6.07) is 9.01. The summed E-state index contributed by atoms with van der Waals surface area (Å²) in [4.78, 5) is 11.8. The van der Waals surface area contributed by atoms with E-state index in [1.54, 1.807) is 7.11 Å². The molecule has 7 heteroatoms. The van der Waals surface area contributed by atoms with E-state index in [1.165, 1.54) is 35.7 Å². The third-order valence-corrected chi connectivity index (χ3v) is 6.43. The predicted octanol–water partition coefficient (Wildman–Crippen LogP) is 4.25. The van der Waals surface area contributed by atoms with Gasteiger partial charge in [-0.05, 0) is 65.5 Å². The second-order valence-electron chi connectivity index (χ2n) is 10.8. The number of fused-ring (bicyclic) bond motifs is 1. The van der Waals surface area contributed by atoms with Crippen LogP contribution in [-0.4, -0.2) is 42.9 Å². The smallest absolute Gasteiger partial charge is 0.217 e. The molecule has 1 aliphatic rings. The van der Waals surface area contributed by atoms with Gasteiger partial charge in [0.1, 0.15) is 11.6 Å². The zero-order valence-corrected chi connectivity index (χ0v) is 21.3. The number of amides is 1. The summed E-state index contributed by atoms with van der Waals surface area (Å²) in [5, 5.41) is 17.2. The lowest BCUT2D eigenvalue weighted by atomic mass is 9.81. The van der Waals surface area contributed by atoms with E-state index in [1.807, 2.05) is 0 Å². The number of halogens is 2. The number of methoxy groups -OCH3 is 1. The fourth-order valence-corrected chi connectivity index (χ4v) is 4.96. The minimum atomic E-state index is -0.981. The quantitative estimate of drug-likeness (QED) is 0.494. The minimum Gasteiger partial charge on any atom is -0.390 e. The molecule has 0 aliphatic heterocycles. The molecule has 0 spiro atoms. The maximum Gasteiger partial charge on any atom is 0.217 e. The lowest BCUT2D eigenvalue weighted by Crippen LogP contribution is -2.50. The summed E-state index contributed by atoms with van der Waals surface area (Å²) >= 11 is 0. The Kier molecular flexibility index (Phi) is 9.02. The van der Waals surface area contributed by atoms with Crippen LogP contribution in [0.2, 0.25) is 0 Å². The summed E-state index contributed by atoms with van der Waals surface area (Å²) in [5.74, 6) is -1.71. The van der Waals surface area contributed by atoms with E-state index in [9.17, 15) is 18.7 Å². The average molecular weight is 489 g/mol. The Bertz CT molecular complexity index is 1000. The Morgan fingerprint density at radius 1 is 1.14 bits per heavy atom. The number of carbonyl (C=O) groups is 1. The van der Waals surface area contributed by atoms with Crippen LogP contribution in [-0.2, 0) is 28.8 Å². The summed E-state index contributed by atoms with van der Waals surface area (Å²) in [6.07, 6.45) is 1.78. The maximum absolute atomic E-state index is 13.7. The van der Waals surface area contributed by atoms with Crippen molar-refractivity contribution in [2.75, 3.05) is 13.7 Å². The van der Waals surface area contributed by atoms with Crippen LogP contribution in [0.5, 0.6) is 0 Å². The van der Waals surface area contributed by atoms with E-state index >= 15 is 0 Å². The topological polar surface area (TPSA) is 70.6 Å². The molecule has 4 unspecified atom stereocenters. The highest BCUT2D eigenvalue weighted by molar-refractivity contribution is 5.73. The molecule has 2 aromatic rings. The molecule has 3 N–H and O–H groups in total. The third-order valence-electron chi connectivity index (χ3n) is 6.43. The first kappa shape index (κ1) is 27.2. The molecule has 2 aromatic carbocycles. The van der Waals surface area contributed by atoms with Gasteiger partial charge in [0.25, 0.3) is 0 Å². The zero-order valence-electron chi connectivity index (χ0n) is 21.3. The first-order chi connectivity index (χ1) is 16.4. The molecule has 5 nitrogen and oxygen atoms in total. The Hall–Kier alpha value is -2.35. The van der Waals surface area contributed by atoms with Crippen molar-refractivity contribution in [1.82, 2.24) is 10.6 Å². The van der Waals surface area contributed by atoms with Crippen molar-refractivity contribution in [2.45, 2.75) is 77.7 Å². The Morgan fingerprint density at radius 3 is 2.43 bits per heavy atom. The van der Waals surface area contributed by atoms with Gasteiger partial charge in [-0.1, -0.05) is 39.0 Å². The Morgan fingerprint density at radius 2 is 1.83 bits per heavy atom. The first-order valence-electron chi connectivity index (χ1n) is 12.2. The van der Waals surface area contributed by atoms with Crippen molar-refractivity contribution < 1.29 is 23.4 Å². The molecule has 0 bridgehead atoms. The van der Waals surface area contributed by atoms with Crippen molar-refractivity contribution >= 4 is 5.91 Å². The van der Waals surface area contributed by atoms with Crippen molar-refractivity contribution in [2.24, 2.45) is 5.41 Å². The number of ether oxygens (including phenoxy) is 1. The van der Waals surface area contributed by atoms with Gasteiger partial charge in [-0.3, -0.25) is 4.79 Å². The molecular weight excluding hydrogens is 450 g/mol. The van der Waals surface area contributed by atoms with Crippen LogP contribution in [0.1, 0.15) is 62.4 Å². The maximum atomic E-state index is 13.7. The van der Waals surface area contributed by atoms with Gasteiger partial charge in [-0.15, -0.1) is 0 Å². The number of aliphatic hydroxyl groups excluding tert-OH is 1. The molecule has 192 valence electrons. The SMILES string of the molecule is COC1CCc2ccc(CC(C)(C)C)cc2C1NCC(O)C(Cc1cc(F)cc(F)c1)NC(C)=O. The average Bonchev–Trinajstić information content (AvgIpc) is 2.74. The summed E-state index contributed by atoms with van der Waals surface area (Å²) in [7, 11) is 1.69. The van der Waals surface area contributed by atoms with Crippen molar-refractivity contribution in [3.63, 3.8) is 0 Å². The molecule has 1 amide bonds. The van der Waals surface area contributed by atoms with E-state index in [-0.39, 0.29) is 36.4 Å². The van der Waals surface area contributed by atoms with Crippen LogP contribution in [0.15, 0.2) is 36.4 Å². The van der Waals surface area contributed by atoms with E-state index in [0.29, 0.717) is 5.56 Å². The normalized spacial score (nSPS) is 19.7. The van der Waals surface area contributed by atoms with Crippen LogP contribution in [0.4, 0.5) is 8.78 Å². The highest BCUT2D eigenvalue weighted by Gasteiger charge is 2.31. The van der Waals surface area contributed by atoms with E-state index in [4.69, 9.17) is 4.74 Å². The van der Waals surface area contributed by atoms with E-state index in [0.717, 1.165) is 25.3 Å². The van der Waals surface area contributed by atoms with Gasteiger partial charge in [-0.2, -0.15) is 0 Å². The number of hydrogen-bond acceptors (Lipinski definition) is 4. The van der Waals surface area contributed by atoms with Gasteiger partial charge in [0.2, 0.25) is 5.91 Å². The molecule has 3 rings (SSSR count). The number of rotatable bonds is 9. The third kappa shape index (κ3) is 7.82. The lowest BCUT2D eigenvalue weighted by Gasteiger charge is -2.35. The molecule has 0 radical (unpaired) electrons. The van der Waals surface area contributed by atoms with Crippen LogP contribution in [0, 0.1) is 17.0 Å². The summed E-state index contributed by atoms with van der Waals surface area (Å²) in [5.41, 5.74) is 4.21. The monoisotopic (exact) mass is 488 g/mol. The second kappa shape index (κ2) is 11.6. The molecule has 0 fully saturated rings. The first-order valence-corrected chi connectivity index (χ1v) is 12.2. The Labute approximate surface area is 207 Å². The molecule has 0 aromatic heterocycles. The largest absolute Gasteiger partial charge is 0.390 e. The van der Waals surface area contributed by atoms with Crippen molar-refractivity contribution in [1.29, 1.82) is 0 Å². The van der Waals surface area contributed by atoms with Gasteiger partial charge in [-0.25, -0.2) is 8.78 Å². The fraction of sp³-hybridized carbons (Fsp3) is 0.536. The highest BCUT2D eigenvalue weighted by atomic mass is 19.1. The zero-order chi connectivity index (χ0) is 25.8. The van der Waals surface area contributed by atoms with Crippen LogP contribution in [0.3, 0.4) is 0 Å². The number of benzene rings is 2. The van der Waals surface area contributed by atoms with E-state index < -0.39 is 23.8 Å².